The predicted molar refractivity (Wildman–Crippen MR) is 72.9 cm³/mol. The van der Waals surface area contributed by atoms with Crippen LogP contribution in [0.2, 0.25) is 0 Å². The summed E-state index contributed by atoms with van der Waals surface area (Å²) in [7, 11) is 0. The molecule has 0 aliphatic rings. The number of rotatable bonds is 4. The Hall–Kier alpha value is -2.08. The molecule has 1 unspecified atom stereocenters. The van der Waals surface area contributed by atoms with Crippen molar-refractivity contribution >= 4 is 22.7 Å². The van der Waals surface area contributed by atoms with Crippen LogP contribution in [0.3, 0.4) is 0 Å². The first-order chi connectivity index (χ1) is 9.01. The molecule has 6 heteroatoms. The molecule has 0 aliphatic heterocycles. The third kappa shape index (κ3) is 2.85. The van der Waals surface area contributed by atoms with E-state index in [9.17, 15) is 9.59 Å². The molecular formula is C13H17N3O3. The van der Waals surface area contributed by atoms with Crippen LogP contribution in [0, 0.1) is 5.92 Å². The number of aromatic amines is 1. The number of aromatic nitrogens is 1. The average molecular weight is 263 g/mol. The summed E-state index contributed by atoms with van der Waals surface area (Å²) in [4.78, 5) is 25.5. The molecular weight excluding hydrogens is 246 g/mol. The number of carbonyl (C=O) groups is 1. The van der Waals surface area contributed by atoms with Crippen LogP contribution in [0.25, 0.3) is 11.1 Å². The number of oxazole rings is 1. The Morgan fingerprint density at radius 2 is 2.26 bits per heavy atom. The van der Waals surface area contributed by atoms with Gasteiger partial charge >= 0.3 is 5.76 Å². The molecule has 102 valence electrons. The van der Waals surface area contributed by atoms with E-state index in [1.165, 1.54) is 0 Å². The second-order valence-corrected chi connectivity index (χ2v) is 4.63. The Morgan fingerprint density at radius 1 is 1.53 bits per heavy atom. The Bertz CT molecular complexity index is 644. The maximum absolute atomic E-state index is 11.9. The van der Waals surface area contributed by atoms with Crippen LogP contribution < -0.4 is 16.8 Å². The predicted octanol–water partition coefficient (Wildman–Crippen LogP) is 1.43. The highest BCUT2D eigenvalue weighted by molar-refractivity contribution is 5.96. The van der Waals surface area contributed by atoms with Gasteiger partial charge in [0.15, 0.2) is 5.58 Å². The summed E-state index contributed by atoms with van der Waals surface area (Å²) in [6.45, 7) is 3.92. The number of carbonyl (C=O) groups excluding carboxylic acids is 1. The summed E-state index contributed by atoms with van der Waals surface area (Å²) in [5.74, 6) is -0.646. The van der Waals surface area contributed by atoms with Gasteiger partial charge in [0.2, 0.25) is 5.91 Å². The van der Waals surface area contributed by atoms with E-state index >= 15 is 0 Å². The number of benzene rings is 1. The highest BCUT2D eigenvalue weighted by Crippen LogP contribution is 2.17. The van der Waals surface area contributed by atoms with Crippen molar-refractivity contribution in [1.29, 1.82) is 0 Å². The van der Waals surface area contributed by atoms with E-state index in [4.69, 9.17) is 10.2 Å². The van der Waals surface area contributed by atoms with Crippen LogP contribution >= 0.6 is 0 Å². The molecule has 19 heavy (non-hydrogen) atoms. The lowest BCUT2D eigenvalue weighted by Gasteiger charge is -2.17. The zero-order chi connectivity index (χ0) is 14.0. The minimum Gasteiger partial charge on any atom is -0.408 e. The van der Waals surface area contributed by atoms with Crippen molar-refractivity contribution in [3.8, 4) is 0 Å². The number of fused-ring (bicyclic) bond motifs is 1. The van der Waals surface area contributed by atoms with Crippen LogP contribution in [0.15, 0.2) is 27.4 Å². The van der Waals surface area contributed by atoms with Gasteiger partial charge in [-0.2, -0.15) is 0 Å². The maximum Gasteiger partial charge on any atom is 0.417 e. The van der Waals surface area contributed by atoms with Crippen molar-refractivity contribution in [3.05, 3.63) is 28.7 Å². The van der Waals surface area contributed by atoms with Gasteiger partial charge in [0.1, 0.15) is 0 Å². The number of amides is 1. The van der Waals surface area contributed by atoms with Gasteiger partial charge in [-0.15, -0.1) is 0 Å². The molecule has 4 N–H and O–H groups in total. The smallest absolute Gasteiger partial charge is 0.408 e. The molecule has 0 fully saturated rings. The highest BCUT2D eigenvalue weighted by atomic mass is 16.4. The standard InChI is InChI=1S/C13H17N3O3/c1-3-7(2)11(14)12(17)15-8-4-5-10-9(6-8)16-13(18)19-10/h4-7,11H,3,14H2,1-2H3,(H,15,17)(H,16,18)/t7?,11-/m0/s1. The summed E-state index contributed by atoms with van der Waals surface area (Å²) in [5.41, 5.74) is 7.42. The van der Waals surface area contributed by atoms with Crippen molar-refractivity contribution in [1.82, 2.24) is 4.98 Å². The normalized spacial score (nSPS) is 14.3. The van der Waals surface area contributed by atoms with Gasteiger partial charge < -0.3 is 15.5 Å². The molecule has 6 nitrogen and oxygen atoms in total. The fraction of sp³-hybridized carbons (Fsp3) is 0.385. The first-order valence-corrected chi connectivity index (χ1v) is 6.20. The van der Waals surface area contributed by atoms with E-state index in [1.807, 2.05) is 13.8 Å². The van der Waals surface area contributed by atoms with Gasteiger partial charge in [0, 0.05) is 5.69 Å². The molecule has 0 spiro atoms. The van der Waals surface area contributed by atoms with E-state index in [2.05, 4.69) is 10.3 Å². The summed E-state index contributed by atoms with van der Waals surface area (Å²) < 4.78 is 4.88. The minimum atomic E-state index is -0.552. The molecule has 2 rings (SSSR count). The lowest BCUT2D eigenvalue weighted by atomic mass is 9.99. The third-order valence-corrected chi connectivity index (χ3v) is 3.25. The summed E-state index contributed by atoms with van der Waals surface area (Å²) in [6, 6.07) is 4.38. The summed E-state index contributed by atoms with van der Waals surface area (Å²) >= 11 is 0. The van der Waals surface area contributed by atoms with E-state index in [0.717, 1.165) is 6.42 Å². The van der Waals surface area contributed by atoms with E-state index in [-0.39, 0.29) is 11.8 Å². The van der Waals surface area contributed by atoms with Crippen molar-refractivity contribution < 1.29 is 9.21 Å². The van der Waals surface area contributed by atoms with Crippen LogP contribution in [0.1, 0.15) is 20.3 Å². The third-order valence-electron chi connectivity index (χ3n) is 3.25. The molecule has 0 saturated heterocycles. The van der Waals surface area contributed by atoms with E-state index in [0.29, 0.717) is 16.8 Å². The van der Waals surface area contributed by atoms with Gasteiger partial charge in [0.25, 0.3) is 0 Å². The van der Waals surface area contributed by atoms with Crippen molar-refractivity contribution in [2.75, 3.05) is 5.32 Å². The zero-order valence-corrected chi connectivity index (χ0v) is 10.9. The largest absolute Gasteiger partial charge is 0.417 e. The lowest BCUT2D eigenvalue weighted by Crippen LogP contribution is -2.40. The first kappa shape index (κ1) is 13.4. The zero-order valence-electron chi connectivity index (χ0n) is 10.9. The molecule has 2 aromatic rings. The quantitative estimate of drug-likeness (QED) is 0.776. The van der Waals surface area contributed by atoms with Crippen molar-refractivity contribution in [2.45, 2.75) is 26.3 Å². The molecule has 1 aromatic carbocycles. The fourth-order valence-corrected chi connectivity index (χ4v) is 1.77. The number of anilines is 1. The molecule has 2 atom stereocenters. The molecule has 1 amide bonds. The lowest BCUT2D eigenvalue weighted by molar-refractivity contribution is -0.118. The van der Waals surface area contributed by atoms with Crippen LogP contribution in [-0.2, 0) is 4.79 Å². The van der Waals surface area contributed by atoms with Crippen LogP contribution in [0.5, 0.6) is 0 Å². The Morgan fingerprint density at radius 3 is 2.95 bits per heavy atom. The SMILES string of the molecule is CCC(C)[C@H](N)C(=O)Nc1ccc2oc(=O)[nH]c2c1. The topological polar surface area (TPSA) is 101 Å². The fourth-order valence-electron chi connectivity index (χ4n) is 1.77. The molecule has 1 aromatic heterocycles. The minimum absolute atomic E-state index is 0.109. The van der Waals surface area contributed by atoms with Gasteiger partial charge in [-0.3, -0.25) is 9.78 Å². The van der Waals surface area contributed by atoms with Gasteiger partial charge in [-0.1, -0.05) is 20.3 Å². The molecule has 1 heterocycles. The number of nitrogens with two attached hydrogens (primary N) is 1. The second kappa shape index (κ2) is 5.27. The van der Waals surface area contributed by atoms with Gasteiger partial charge in [-0.25, -0.2) is 4.79 Å². The Kier molecular flexibility index (Phi) is 3.71. The van der Waals surface area contributed by atoms with Crippen LogP contribution in [0.4, 0.5) is 5.69 Å². The van der Waals surface area contributed by atoms with E-state index in [1.54, 1.807) is 18.2 Å². The monoisotopic (exact) mass is 263 g/mol. The number of nitrogens with one attached hydrogen (secondary N) is 2. The van der Waals surface area contributed by atoms with E-state index < -0.39 is 11.8 Å². The Labute approximate surface area is 110 Å². The highest BCUT2D eigenvalue weighted by Gasteiger charge is 2.19. The number of hydrogen-bond donors (Lipinski definition) is 3. The summed E-state index contributed by atoms with van der Waals surface area (Å²) in [6.07, 6.45) is 0.836. The van der Waals surface area contributed by atoms with Crippen molar-refractivity contribution in [2.24, 2.45) is 11.7 Å². The molecule has 0 bridgehead atoms. The molecule has 0 saturated carbocycles. The van der Waals surface area contributed by atoms with Crippen LogP contribution in [-0.4, -0.2) is 16.9 Å². The molecule has 0 aliphatic carbocycles. The number of H-pyrrole nitrogens is 1. The van der Waals surface area contributed by atoms with Crippen molar-refractivity contribution in [3.63, 3.8) is 0 Å². The Balaban J connectivity index is 2.16. The van der Waals surface area contributed by atoms with Gasteiger partial charge in [0.05, 0.1) is 11.6 Å². The maximum atomic E-state index is 11.9. The second-order valence-electron chi connectivity index (χ2n) is 4.63. The summed E-state index contributed by atoms with van der Waals surface area (Å²) in [5, 5.41) is 2.73. The molecule has 0 radical (unpaired) electrons. The number of hydrogen-bond acceptors (Lipinski definition) is 4. The average Bonchev–Trinajstić information content (AvgIpc) is 2.76. The van der Waals surface area contributed by atoms with Gasteiger partial charge in [-0.05, 0) is 24.1 Å². The first-order valence-electron chi connectivity index (χ1n) is 6.20.